The van der Waals surface area contributed by atoms with Crippen molar-refractivity contribution >= 4 is 23.2 Å². The molecule has 0 bridgehead atoms. The normalized spacial score (nSPS) is 13.1. The van der Waals surface area contributed by atoms with Crippen molar-refractivity contribution in [1.29, 1.82) is 0 Å². The molecule has 1 aliphatic rings. The zero-order chi connectivity index (χ0) is 19.1. The molecule has 3 rings (SSSR count). The largest absolute Gasteiger partial charge is 0.491 e. The molecular weight excluding hydrogens is 368 g/mol. The van der Waals surface area contributed by atoms with Gasteiger partial charge in [-0.2, -0.15) is 0 Å². The third kappa shape index (κ3) is 5.77. The summed E-state index contributed by atoms with van der Waals surface area (Å²) in [6.07, 6.45) is 0.845. The first kappa shape index (κ1) is 19.3. The number of rotatable bonds is 7. The van der Waals surface area contributed by atoms with Gasteiger partial charge in [-0.1, -0.05) is 23.7 Å². The number of likely N-dealkylation sites (N-methyl/N-ethyl adjacent to an activating group) is 1. The SMILES string of the molecule is CN(CCOc1ccccc1Cl)CC(=O)Nc1ccc2c(c1)OCCCO2. The van der Waals surface area contributed by atoms with Crippen LogP contribution >= 0.6 is 11.6 Å². The van der Waals surface area contributed by atoms with Gasteiger partial charge < -0.3 is 19.5 Å². The van der Waals surface area contributed by atoms with Crippen LogP contribution in [-0.2, 0) is 4.79 Å². The van der Waals surface area contributed by atoms with Gasteiger partial charge in [0.25, 0.3) is 0 Å². The zero-order valence-electron chi connectivity index (χ0n) is 15.2. The average Bonchev–Trinajstić information content (AvgIpc) is 2.88. The van der Waals surface area contributed by atoms with Crippen LogP contribution in [0.5, 0.6) is 17.2 Å². The highest BCUT2D eigenvalue weighted by Crippen LogP contribution is 2.32. The van der Waals surface area contributed by atoms with Crippen LogP contribution < -0.4 is 19.5 Å². The monoisotopic (exact) mass is 390 g/mol. The maximum atomic E-state index is 12.3. The van der Waals surface area contributed by atoms with Gasteiger partial charge in [0.15, 0.2) is 11.5 Å². The summed E-state index contributed by atoms with van der Waals surface area (Å²) in [5.41, 5.74) is 0.685. The van der Waals surface area contributed by atoms with Gasteiger partial charge in [0.05, 0.1) is 24.8 Å². The van der Waals surface area contributed by atoms with Gasteiger partial charge >= 0.3 is 0 Å². The molecule has 0 spiro atoms. The van der Waals surface area contributed by atoms with Gasteiger partial charge in [0, 0.05) is 24.7 Å². The second-order valence-corrected chi connectivity index (χ2v) is 6.68. The van der Waals surface area contributed by atoms with Crippen LogP contribution in [0.25, 0.3) is 0 Å². The Balaban J connectivity index is 1.44. The van der Waals surface area contributed by atoms with Crippen molar-refractivity contribution in [2.24, 2.45) is 0 Å². The lowest BCUT2D eigenvalue weighted by molar-refractivity contribution is -0.117. The molecular formula is C20H23ClN2O4. The van der Waals surface area contributed by atoms with E-state index in [0.717, 1.165) is 6.42 Å². The lowest BCUT2D eigenvalue weighted by Crippen LogP contribution is -2.33. The van der Waals surface area contributed by atoms with Gasteiger partial charge in [-0.05, 0) is 31.3 Å². The highest BCUT2D eigenvalue weighted by atomic mass is 35.5. The molecule has 2 aromatic carbocycles. The van der Waals surface area contributed by atoms with Crippen molar-refractivity contribution in [3.05, 3.63) is 47.5 Å². The Bertz CT molecular complexity index is 784. The standard InChI is InChI=1S/C20H23ClN2O4/c1-23(9-12-27-17-6-3-2-5-16(17)21)14-20(24)22-15-7-8-18-19(13-15)26-11-4-10-25-18/h2-3,5-8,13H,4,9-12,14H2,1H3,(H,22,24). The van der Waals surface area contributed by atoms with Gasteiger partial charge in [0.2, 0.25) is 5.91 Å². The third-order valence-electron chi connectivity index (χ3n) is 4.01. The maximum absolute atomic E-state index is 12.3. The number of benzene rings is 2. The molecule has 6 nitrogen and oxygen atoms in total. The van der Waals surface area contributed by atoms with E-state index in [2.05, 4.69) is 5.32 Å². The van der Waals surface area contributed by atoms with Crippen LogP contribution in [0.1, 0.15) is 6.42 Å². The smallest absolute Gasteiger partial charge is 0.238 e. The van der Waals surface area contributed by atoms with E-state index in [9.17, 15) is 4.79 Å². The molecule has 0 radical (unpaired) electrons. The Kier molecular flexibility index (Phi) is 6.79. The van der Waals surface area contributed by atoms with E-state index >= 15 is 0 Å². The van der Waals surface area contributed by atoms with E-state index in [1.807, 2.05) is 42.3 Å². The highest BCUT2D eigenvalue weighted by molar-refractivity contribution is 6.32. The van der Waals surface area contributed by atoms with E-state index < -0.39 is 0 Å². The fourth-order valence-corrected chi connectivity index (χ4v) is 2.83. The lowest BCUT2D eigenvalue weighted by atomic mass is 10.2. The summed E-state index contributed by atoms with van der Waals surface area (Å²) in [7, 11) is 1.86. The van der Waals surface area contributed by atoms with Gasteiger partial charge in [0.1, 0.15) is 12.4 Å². The number of para-hydroxylation sites is 1. The van der Waals surface area contributed by atoms with Crippen molar-refractivity contribution in [1.82, 2.24) is 4.90 Å². The van der Waals surface area contributed by atoms with Crippen molar-refractivity contribution in [2.75, 3.05) is 45.3 Å². The molecule has 0 atom stereocenters. The summed E-state index contributed by atoms with van der Waals surface area (Å²) in [5, 5.41) is 3.46. The molecule has 2 aromatic rings. The lowest BCUT2D eigenvalue weighted by Gasteiger charge is -2.17. The molecule has 144 valence electrons. The molecule has 7 heteroatoms. The Morgan fingerprint density at radius 2 is 1.96 bits per heavy atom. The number of nitrogens with one attached hydrogen (secondary N) is 1. The molecule has 1 heterocycles. The molecule has 27 heavy (non-hydrogen) atoms. The number of nitrogens with zero attached hydrogens (tertiary/aromatic N) is 1. The van der Waals surface area contributed by atoms with Crippen LogP contribution in [-0.4, -0.2) is 50.8 Å². The molecule has 0 saturated carbocycles. The molecule has 1 N–H and O–H groups in total. The Morgan fingerprint density at radius 3 is 2.78 bits per heavy atom. The average molecular weight is 391 g/mol. The summed E-state index contributed by atoms with van der Waals surface area (Å²) in [5.74, 6) is 1.90. The van der Waals surface area contributed by atoms with Gasteiger partial charge in [-0.3, -0.25) is 9.69 Å². The van der Waals surface area contributed by atoms with Gasteiger partial charge in [-0.25, -0.2) is 0 Å². The molecule has 1 amide bonds. The number of halogens is 1. The number of hydrogen-bond donors (Lipinski definition) is 1. The Morgan fingerprint density at radius 1 is 1.19 bits per heavy atom. The van der Waals surface area contributed by atoms with Crippen LogP contribution in [0, 0.1) is 0 Å². The maximum Gasteiger partial charge on any atom is 0.238 e. The van der Waals surface area contributed by atoms with E-state index in [0.29, 0.717) is 54.3 Å². The van der Waals surface area contributed by atoms with Crippen LogP contribution in [0.3, 0.4) is 0 Å². The van der Waals surface area contributed by atoms with Crippen molar-refractivity contribution in [2.45, 2.75) is 6.42 Å². The zero-order valence-corrected chi connectivity index (χ0v) is 16.0. The predicted molar refractivity (Wildman–Crippen MR) is 105 cm³/mol. The minimum atomic E-state index is -0.107. The van der Waals surface area contributed by atoms with Crippen LogP contribution in [0.15, 0.2) is 42.5 Å². The summed E-state index contributed by atoms with van der Waals surface area (Å²) in [4.78, 5) is 14.1. The van der Waals surface area contributed by atoms with E-state index in [-0.39, 0.29) is 12.5 Å². The topological polar surface area (TPSA) is 60.0 Å². The third-order valence-corrected chi connectivity index (χ3v) is 4.32. The fourth-order valence-electron chi connectivity index (χ4n) is 2.64. The Hall–Kier alpha value is -2.44. The Labute approximate surface area is 164 Å². The van der Waals surface area contributed by atoms with Crippen LogP contribution in [0.2, 0.25) is 5.02 Å². The van der Waals surface area contributed by atoms with Gasteiger partial charge in [-0.15, -0.1) is 0 Å². The molecule has 0 unspecified atom stereocenters. The molecule has 0 aliphatic carbocycles. The summed E-state index contributed by atoms with van der Waals surface area (Å²) in [6.45, 7) is 2.54. The van der Waals surface area contributed by atoms with Crippen molar-refractivity contribution < 1.29 is 19.0 Å². The minimum Gasteiger partial charge on any atom is -0.491 e. The fraction of sp³-hybridized carbons (Fsp3) is 0.350. The quantitative estimate of drug-likeness (QED) is 0.784. The number of ether oxygens (including phenoxy) is 3. The second kappa shape index (κ2) is 9.48. The number of hydrogen-bond acceptors (Lipinski definition) is 5. The predicted octanol–water partition coefficient (Wildman–Crippen LogP) is 3.45. The number of carbonyl (C=O) groups is 1. The van der Waals surface area contributed by atoms with E-state index in [4.69, 9.17) is 25.8 Å². The number of fused-ring (bicyclic) bond motifs is 1. The van der Waals surface area contributed by atoms with E-state index in [1.54, 1.807) is 12.1 Å². The minimum absolute atomic E-state index is 0.107. The van der Waals surface area contributed by atoms with Crippen molar-refractivity contribution in [3.63, 3.8) is 0 Å². The summed E-state index contributed by atoms with van der Waals surface area (Å²) >= 11 is 6.05. The van der Waals surface area contributed by atoms with Crippen molar-refractivity contribution in [3.8, 4) is 17.2 Å². The first-order chi connectivity index (χ1) is 13.1. The first-order valence-electron chi connectivity index (χ1n) is 8.87. The summed E-state index contributed by atoms with van der Waals surface area (Å²) < 4.78 is 16.9. The first-order valence-corrected chi connectivity index (χ1v) is 9.25. The summed E-state index contributed by atoms with van der Waals surface area (Å²) in [6, 6.07) is 12.7. The van der Waals surface area contributed by atoms with Crippen LogP contribution in [0.4, 0.5) is 5.69 Å². The number of carbonyl (C=O) groups excluding carboxylic acids is 1. The molecule has 0 aromatic heterocycles. The number of amides is 1. The number of anilines is 1. The highest BCUT2D eigenvalue weighted by Gasteiger charge is 2.13. The molecule has 0 fully saturated rings. The molecule has 0 saturated heterocycles. The second-order valence-electron chi connectivity index (χ2n) is 6.28. The van der Waals surface area contributed by atoms with E-state index in [1.165, 1.54) is 0 Å². The molecule has 1 aliphatic heterocycles.